The van der Waals surface area contributed by atoms with Crippen molar-refractivity contribution in [3.63, 3.8) is 0 Å². The third-order valence-corrected chi connectivity index (χ3v) is 7.62. The van der Waals surface area contributed by atoms with Gasteiger partial charge in [-0.25, -0.2) is 0 Å². The molecule has 0 radical (unpaired) electrons. The number of likely N-dealkylation sites (N-methyl/N-ethyl adjacent to an activating group) is 1. The minimum atomic E-state index is 0. The zero-order valence-electron chi connectivity index (χ0n) is 18.1. The molecule has 3 aromatic rings. The van der Waals surface area contributed by atoms with E-state index in [4.69, 9.17) is 0 Å². The largest absolute Gasteiger partial charge is 0.304 e. The van der Waals surface area contributed by atoms with Crippen LogP contribution >= 0.6 is 36.6 Å². The SMILES string of the molecule is Cc1ccccc1-c1ccc2c(c1)C(N1CCN(C)CC1)Cc1ccccc1S2.Cl.Cl. The highest BCUT2D eigenvalue weighted by Gasteiger charge is 2.29. The molecule has 0 saturated carbocycles. The van der Waals surface area contributed by atoms with Crippen LogP contribution in [0.25, 0.3) is 11.1 Å². The molecule has 0 aliphatic carbocycles. The summed E-state index contributed by atoms with van der Waals surface area (Å²) in [5, 5.41) is 0. The summed E-state index contributed by atoms with van der Waals surface area (Å²) in [6, 6.07) is 25.3. The number of benzene rings is 3. The minimum absolute atomic E-state index is 0. The second-order valence-electron chi connectivity index (χ2n) is 8.34. The monoisotopic (exact) mass is 472 g/mol. The molecular weight excluding hydrogens is 443 g/mol. The normalized spacial score (nSPS) is 18.7. The molecule has 0 bridgehead atoms. The first-order chi connectivity index (χ1) is 14.2. The maximum absolute atomic E-state index is 2.71. The van der Waals surface area contributed by atoms with Crippen LogP contribution in [0.2, 0.25) is 0 Å². The van der Waals surface area contributed by atoms with Gasteiger partial charge in [-0.3, -0.25) is 4.90 Å². The summed E-state index contributed by atoms with van der Waals surface area (Å²) in [4.78, 5) is 7.98. The van der Waals surface area contributed by atoms with Gasteiger partial charge >= 0.3 is 0 Å². The maximum Gasteiger partial charge on any atom is 0.0401 e. The van der Waals surface area contributed by atoms with E-state index in [0.29, 0.717) is 6.04 Å². The second-order valence-corrected chi connectivity index (χ2v) is 9.42. The van der Waals surface area contributed by atoms with Crippen molar-refractivity contribution in [3.8, 4) is 11.1 Å². The zero-order chi connectivity index (χ0) is 19.8. The summed E-state index contributed by atoms with van der Waals surface area (Å²) >= 11 is 1.94. The van der Waals surface area contributed by atoms with E-state index < -0.39 is 0 Å². The Bertz CT molecular complexity index is 1030. The Hall–Kier alpha value is -1.49. The van der Waals surface area contributed by atoms with Gasteiger partial charge < -0.3 is 4.90 Å². The smallest absolute Gasteiger partial charge is 0.0401 e. The number of rotatable bonds is 2. The topological polar surface area (TPSA) is 6.48 Å². The van der Waals surface area contributed by atoms with Crippen LogP contribution in [0, 0.1) is 6.92 Å². The van der Waals surface area contributed by atoms with Gasteiger partial charge in [-0.05, 0) is 66.4 Å². The highest BCUT2D eigenvalue weighted by molar-refractivity contribution is 7.99. The summed E-state index contributed by atoms with van der Waals surface area (Å²) in [6.07, 6.45) is 1.09. The third-order valence-electron chi connectivity index (χ3n) is 6.41. The lowest BCUT2D eigenvalue weighted by molar-refractivity contribution is 0.110. The molecule has 2 aliphatic rings. The summed E-state index contributed by atoms with van der Waals surface area (Å²) in [6.45, 7) is 6.80. The van der Waals surface area contributed by atoms with Crippen molar-refractivity contribution in [2.75, 3.05) is 33.2 Å². The Balaban J connectivity index is 0.00000136. The van der Waals surface area contributed by atoms with Crippen LogP contribution in [-0.2, 0) is 6.42 Å². The van der Waals surface area contributed by atoms with E-state index in [0.717, 1.165) is 32.6 Å². The average molecular weight is 474 g/mol. The molecule has 5 rings (SSSR count). The molecule has 1 saturated heterocycles. The Labute approximate surface area is 202 Å². The lowest BCUT2D eigenvalue weighted by Gasteiger charge is -2.38. The first kappa shape index (κ1) is 24.2. The molecule has 0 amide bonds. The Morgan fingerprint density at radius 1 is 0.806 bits per heavy atom. The van der Waals surface area contributed by atoms with E-state index in [9.17, 15) is 0 Å². The number of halogens is 2. The number of hydrogen-bond donors (Lipinski definition) is 0. The molecule has 164 valence electrons. The van der Waals surface area contributed by atoms with Crippen molar-refractivity contribution < 1.29 is 0 Å². The fourth-order valence-corrected chi connectivity index (χ4v) is 5.75. The molecule has 1 unspecified atom stereocenters. The molecule has 2 aliphatic heterocycles. The summed E-state index contributed by atoms with van der Waals surface area (Å²) < 4.78 is 0. The van der Waals surface area contributed by atoms with Crippen molar-refractivity contribution in [3.05, 3.63) is 83.4 Å². The van der Waals surface area contributed by atoms with E-state index in [2.05, 4.69) is 90.5 Å². The molecular formula is C26H30Cl2N2S. The molecule has 2 nitrogen and oxygen atoms in total. The Morgan fingerprint density at radius 2 is 1.52 bits per heavy atom. The van der Waals surface area contributed by atoms with Crippen LogP contribution in [0.5, 0.6) is 0 Å². The fraction of sp³-hybridized carbons (Fsp3) is 0.308. The lowest BCUT2D eigenvalue weighted by atomic mass is 9.92. The van der Waals surface area contributed by atoms with Gasteiger partial charge in [0.2, 0.25) is 0 Å². The van der Waals surface area contributed by atoms with Crippen LogP contribution in [0.4, 0.5) is 0 Å². The molecule has 31 heavy (non-hydrogen) atoms. The van der Waals surface area contributed by atoms with E-state index in [-0.39, 0.29) is 24.8 Å². The average Bonchev–Trinajstić information content (AvgIpc) is 2.91. The number of aryl methyl sites for hydroxylation is 1. The van der Waals surface area contributed by atoms with Crippen molar-refractivity contribution >= 4 is 36.6 Å². The van der Waals surface area contributed by atoms with E-state index in [1.807, 2.05) is 11.8 Å². The van der Waals surface area contributed by atoms with Gasteiger partial charge in [-0.1, -0.05) is 60.3 Å². The van der Waals surface area contributed by atoms with Crippen molar-refractivity contribution in [2.45, 2.75) is 29.2 Å². The maximum atomic E-state index is 2.71. The standard InChI is InChI=1S/C26H28N2S.2ClH/c1-19-7-3-5-9-22(19)20-11-12-26-23(17-20)24(28-15-13-27(2)14-16-28)18-21-8-4-6-10-25(21)29-26;;/h3-12,17,24H,13-16,18H2,1-2H3;2*1H. The molecule has 0 N–H and O–H groups in total. The van der Waals surface area contributed by atoms with Gasteiger partial charge in [0.05, 0.1) is 0 Å². The predicted octanol–water partition coefficient (Wildman–Crippen LogP) is 6.50. The van der Waals surface area contributed by atoms with E-state index in [1.165, 1.54) is 37.6 Å². The van der Waals surface area contributed by atoms with Gasteiger partial charge in [0.25, 0.3) is 0 Å². The number of fused-ring (bicyclic) bond motifs is 2. The molecule has 0 aromatic heterocycles. The van der Waals surface area contributed by atoms with Gasteiger partial charge in [0.1, 0.15) is 0 Å². The number of piperazine rings is 1. The second kappa shape index (κ2) is 10.4. The van der Waals surface area contributed by atoms with Crippen LogP contribution in [0.15, 0.2) is 76.5 Å². The Kier molecular flexibility index (Phi) is 8.12. The van der Waals surface area contributed by atoms with Crippen molar-refractivity contribution in [1.82, 2.24) is 9.80 Å². The summed E-state index contributed by atoms with van der Waals surface area (Å²) in [5.41, 5.74) is 7.01. The molecule has 5 heteroatoms. The zero-order valence-corrected chi connectivity index (χ0v) is 20.5. The predicted molar refractivity (Wildman–Crippen MR) is 137 cm³/mol. The van der Waals surface area contributed by atoms with Crippen molar-refractivity contribution in [2.24, 2.45) is 0 Å². The first-order valence-corrected chi connectivity index (χ1v) is 11.4. The van der Waals surface area contributed by atoms with Crippen LogP contribution in [0.1, 0.15) is 22.7 Å². The first-order valence-electron chi connectivity index (χ1n) is 10.6. The number of nitrogens with zero attached hydrogens (tertiary/aromatic N) is 2. The summed E-state index contributed by atoms with van der Waals surface area (Å²) in [7, 11) is 2.24. The molecule has 1 atom stereocenters. The van der Waals surface area contributed by atoms with Gasteiger partial charge in [-0.15, -0.1) is 24.8 Å². The minimum Gasteiger partial charge on any atom is -0.304 e. The quantitative estimate of drug-likeness (QED) is 0.420. The van der Waals surface area contributed by atoms with Gasteiger partial charge in [0.15, 0.2) is 0 Å². The molecule has 1 fully saturated rings. The highest BCUT2D eigenvalue weighted by atomic mass is 35.5. The molecule has 3 aromatic carbocycles. The van der Waals surface area contributed by atoms with Gasteiger partial charge in [0, 0.05) is 42.0 Å². The van der Waals surface area contributed by atoms with Crippen molar-refractivity contribution in [1.29, 1.82) is 0 Å². The van der Waals surface area contributed by atoms with Crippen LogP contribution in [-0.4, -0.2) is 43.0 Å². The number of hydrogen-bond acceptors (Lipinski definition) is 3. The highest BCUT2D eigenvalue weighted by Crippen LogP contribution is 2.44. The fourth-order valence-electron chi connectivity index (χ4n) is 4.63. The van der Waals surface area contributed by atoms with E-state index in [1.54, 1.807) is 0 Å². The van der Waals surface area contributed by atoms with E-state index >= 15 is 0 Å². The Morgan fingerprint density at radius 3 is 2.29 bits per heavy atom. The van der Waals surface area contributed by atoms with Gasteiger partial charge in [-0.2, -0.15) is 0 Å². The summed E-state index contributed by atoms with van der Waals surface area (Å²) in [5.74, 6) is 0. The molecule has 2 heterocycles. The third kappa shape index (κ3) is 4.97. The van der Waals surface area contributed by atoms with Crippen LogP contribution < -0.4 is 0 Å². The molecule has 0 spiro atoms. The van der Waals surface area contributed by atoms with Crippen LogP contribution in [0.3, 0.4) is 0 Å². The lowest BCUT2D eigenvalue weighted by Crippen LogP contribution is -2.46.